The number of ether oxygens (including phenoxy) is 1. The van der Waals surface area contributed by atoms with Crippen molar-refractivity contribution in [2.45, 2.75) is 32.2 Å². The zero-order valence-electron chi connectivity index (χ0n) is 11.6. The van der Waals surface area contributed by atoms with Crippen LogP contribution in [0.3, 0.4) is 0 Å². The molecular weight excluding hydrogens is 274 g/mol. The van der Waals surface area contributed by atoms with Crippen LogP contribution >= 0.6 is 11.6 Å². The number of pyridine rings is 1. The Morgan fingerprint density at radius 3 is 2.85 bits per heavy atom. The third kappa shape index (κ3) is 2.80. The minimum Gasteiger partial charge on any atom is -0.481 e. The highest BCUT2D eigenvalue weighted by Crippen LogP contribution is 2.29. The van der Waals surface area contributed by atoms with E-state index in [9.17, 15) is 0 Å². The molecule has 2 aromatic rings. The third-order valence-corrected chi connectivity index (χ3v) is 4.18. The minimum absolute atomic E-state index is 0.449. The molecule has 2 heterocycles. The van der Waals surface area contributed by atoms with Crippen LogP contribution in [0.2, 0.25) is 5.15 Å². The molecule has 1 aliphatic carbocycles. The topological polar surface area (TPSA) is 39.9 Å². The van der Waals surface area contributed by atoms with Gasteiger partial charge in [0, 0.05) is 29.9 Å². The van der Waals surface area contributed by atoms with Gasteiger partial charge in [-0.1, -0.05) is 24.4 Å². The van der Waals surface area contributed by atoms with E-state index in [4.69, 9.17) is 16.3 Å². The molecule has 0 bridgehead atoms. The normalized spacial score (nSPS) is 15.7. The van der Waals surface area contributed by atoms with E-state index in [0.717, 1.165) is 23.6 Å². The third-order valence-electron chi connectivity index (χ3n) is 3.90. The Hall–Kier alpha value is -1.55. The van der Waals surface area contributed by atoms with Gasteiger partial charge in [-0.3, -0.25) is 4.68 Å². The molecule has 5 heteroatoms. The second-order valence-corrected chi connectivity index (χ2v) is 5.65. The van der Waals surface area contributed by atoms with E-state index >= 15 is 0 Å². The van der Waals surface area contributed by atoms with Crippen LogP contribution in [0.15, 0.2) is 24.5 Å². The van der Waals surface area contributed by atoms with Crippen molar-refractivity contribution in [3.8, 4) is 17.0 Å². The fourth-order valence-corrected chi connectivity index (χ4v) is 3.06. The Balaban J connectivity index is 1.78. The SMILES string of the molecule is COc1ccc(-c2cnn(CC3CCCC3)c2)c(Cl)n1. The van der Waals surface area contributed by atoms with Crippen LogP contribution in [0.5, 0.6) is 5.88 Å². The molecule has 106 valence electrons. The molecule has 1 fully saturated rings. The molecule has 0 amide bonds. The van der Waals surface area contributed by atoms with Gasteiger partial charge in [-0.15, -0.1) is 0 Å². The van der Waals surface area contributed by atoms with Gasteiger partial charge < -0.3 is 4.74 Å². The molecule has 3 rings (SSSR count). The summed E-state index contributed by atoms with van der Waals surface area (Å²) < 4.78 is 7.08. The van der Waals surface area contributed by atoms with Crippen LogP contribution in [-0.2, 0) is 6.54 Å². The van der Waals surface area contributed by atoms with E-state index in [1.165, 1.54) is 25.7 Å². The molecule has 1 saturated carbocycles. The van der Waals surface area contributed by atoms with Gasteiger partial charge in [0.1, 0.15) is 5.15 Å². The predicted octanol–water partition coefficient (Wildman–Crippen LogP) is 3.80. The summed E-state index contributed by atoms with van der Waals surface area (Å²) in [7, 11) is 1.58. The van der Waals surface area contributed by atoms with Crippen LogP contribution in [0.1, 0.15) is 25.7 Å². The number of halogens is 1. The molecule has 20 heavy (non-hydrogen) atoms. The molecule has 0 unspecified atom stereocenters. The highest BCUT2D eigenvalue weighted by atomic mass is 35.5. The van der Waals surface area contributed by atoms with Gasteiger partial charge >= 0.3 is 0 Å². The average molecular weight is 292 g/mol. The highest BCUT2D eigenvalue weighted by Gasteiger charge is 2.16. The summed E-state index contributed by atoms with van der Waals surface area (Å²) >= 11 is 6.19. The molecule has 0 aromatic carbocycles. The molecule has 0 atom stereocenters. The summed E-state index contributed by atoms with van der Waals surface area (Å²) in [6, 6.07) is 3.74. The van der Waals surface area contributed by atoms with Gasteiger partial charge in [-0.25, -0.2) is 4.98 Å². The van der Waals surface area contributed by atoms with Crippen molar-refractivity contribution in [3.63, 3.8) is 0 Å². The molecule has 0 N–H and O–H groups in total. The molecule has 2 aromatic heterocycles. The molecule has 1 aliphatic rings. The lowest BCUT2D eigenvalue weighted by Crippen LogP contribution is -2.07. The van der Waals surface area contributed by atoms with Crippen LogP contribution in [0.4, 0.5) is 0 Å². The standard InChI is InChI=1S/C15H18ClN3O/c1-20-14-7-6-13(15(16)18-14)12-8-17-19(10-12)9-11-4-2-3-5-11/h6-8,10-11H,2-5,9H2,1H3. The predicted molar refractivity (Wildman–Crippen MR) is 79.0 cm³/mol. The lowest BCUT2D eigenvalue weighted by atomic mass is 10.1. The Morgan fingerprint density at radius 1 is 1.35 bits per heavy atom. The van der Waals surface area contributed by atoms with Gasteiger partial charge in [0.25, 0.3) is 0 Å². The van der Waals surface area contributed by atoms with Crippen LogP contribution in [0, 0.1) is 5.92 Å². The molecule has 0 spiro atoms. The Bertz CT molecular complexity index is 591. The summed E-state index contributed by atoms with van der Waals surface area (Å²) in [6.07, 6.45) is 9.25. The summed E-state index contributed by atoms with van der Waals surface area (Å²) in [6.45, 7) is 1.00. The van der Waals surface area contributed by atoms with E-state index < -0.39 is 0 Å². The fourth-order valence-electron chi connectivity index (χ4n) is 2.81. The van der Waals surface area contributed by atoms with E-state index in [-0.39, 0.29) is 0 Å². The van der Waals surface area contributed by atoms with Crippen molar-refractivity contribution >= 4 is 11.6 Å². The van der Waals surface area contributed by atoms with Crippen LogP contribution in [-0.4, -0.2) is 21.9 Å². The summed E-state index contributed by atoms with van der Waals surface area (Å²) in [5, 5.41) is 4.89. The van der Waals surface area contributed by atoms with Gasteiger partial charge in [0.2, 0.25) is 5.88 Å². The van der Waals surface area contributed by atoms with Gasteiger partial charge in [-0.05, 0) is 24.8 Å². The molecular formula is C15H18ClN3O. The molecule has 4 nitrogen and oxygen atoms in total. The van der Waals surface area contributed by atoms with Gasteiger partial charge in [0.05, 0.1) is 13.3 Å². The lowest BCUT2D eigenvalue weighted by Gasteiger charge is -2.08. The van der Waals surface area contributed by atoms with E-state index in [1.807, 2.05) is 29.2 Å². The van der Waals surface area contributed by atoms with Crippen molar-refractivity contribution < 1.29 is 4.74 Å². The second kappa shape index (κ2) is 5.83. The van der Waals surface area contributed by atoms with Crippen molar-refractivity contribution in [1.29, 1.82) is 0 Å². The lowest BCUT2D eigenvalue weighted by molar-refractivity contribution is 0.398. The maximum atomic E-state index is 6.19. The number of hydrogen-bond acceptors (Lipinski definition) is 3. The first-order valence-corrected chi connectivity index (χ1v) is 7.37. The van der Waals surface area contributed by atoms with Gasteiger partial charge in [-0.2, -0.15) is 5.10 Å². The number of hydrogen-bond donors (Lipinski definition) is 0. The van der Waals surface area contributed by atoms with Crippen molar-refractivity contribution in [2.24, 2.45) is 5.92 Å². The largest absolute Gasteiger partial charge is 0.481 e. The Kier molecular flexibility index (Phi) is 3.92. The molecule has 0 saturated heterocycles. The van der Waals surface area contributed by atoms with Gasteiger partial charge in [0.15, 0.2) is 0 Å². The maximum absolute atomic E-state index is 6.19. The van der Waals surface area contributed by atoms with Crippen LogP contribution < -0.4 is 4.74 Å². The fraction of sp³-hybridized carbons (Fsp3) is 0.467. The smallest absolute Gasteiger partial charge is 0.214 e. The van der Waals surface area contributed by atoms with E-state index in [1.54, 1.807) is 7.11 Å². The second-order valence-electron chi connectivity index (χ2n) is 5.29. The first-order chi connectivity index (χ1) is 9.76. The highest BCUT2D eigenvalue weighted by molar-refractivity contribution is 6.32. The van der Waals surface area contributed by atoms with Crippen LogP contribution in [0.25, 0.3) is 11.1 Å². The molecule has 0 radical (unpaired) electrons. The Labute approximate surface area is 123 Å². The number of rotatable bonds is 4. The minimum atomic E-state index is 0.449. The zero-order valence-corrected chi connectivity index (χ0v) is 12.3. The first-order valence-electron chi connectivity index (χ1n) is 6.99. The summed E-state index contributed by atoms with van der Waals surface area (Å²) in [4.78, 5) is 4.19. The number of aromatic nitrogens is 3. The number of methoxy groups -OCH3 is 1. The average Bonchev–Trinajstić information content (AvgIpc) is 3.11. The van der Waals surface area contributed by atoms with E-state index in [0.29, 0.717) is 11.0 Å². The number of nitrogens with zero attached hydrogens (tertiary/aromatic N) is 3. The maximum Gasteiger partial charge on any atom is 0.214 e. The summed E-state index contributed by atoms with van der Waals surface area (Å²) in [5.41, 5.74) is 1.90. The van der Waals surface area contributed by atoms with Crippen molar-refractivity contribution in [3.05, 3.63) is 29.7 Å². The quantitative estimate of drug-likeness (QED) is 0.805. The zero-order chi connectivity index (χ0) is 13.9. The van der Waals surface area contributed by atoms with Crippen molar-refractivity contribution in [2.75, 3.05) is 7.11 Å². The summed E-state index contributed by atoms with van der Waals surface area (Å²) in [5.74, 6) is 1.30. The molecule has 0 aliphatic heterocycles. The van der Waals surface area contributed by atoms with E-state index in [2.05, 4.69) is 10.1 Å². The first kappa shape index (κ1) is 13.4. The van der Waals surface area contributed by atoms with Crippen molar-refractivity contribution in [1.82, 2.24) is 14.8 Å². The monoisotopic (exact) mass is 291 g/mol. The Morgan fingerprint density at radius 2 is 2.15 bits per heavy atom.